The Labute approximate surface area is 130 Å². The molecule has 1 aromatic carbocycles. The van der Waals surface area contributed by atoms with E-state index in [1.807, 2.05) is 25.3 Å². The lowest BCUT2D eigenvalue weighted by Crippen LogP contribution is -2.26. The summed E-state index contributed by atoms with van der Waals surface area (Å²) in [4.78, 5) is 29.1. The molecule has 108 valence electrons. The number of nitrogens with one attached hydrogen (secondary N) is 2. The molecular formula is C14H13N3O2S2. The van der Waals surface area contributed by atoms with Crippen LogP contribution in [0.4, 0.5) is 10.8 Å². The van der Waals surface area contributed by atoms with E-state index in [1.54, 1.807) is 12.1 Å². The third-order valence-corrected chi connectivity index (χ3v) is 5.07. The van der Waals surface area contributed by atoms with Gasteiger partial charge >= 0.3 is 0 Å². The topological polar surface area (TPSA) is 71.1 Å². The van der Waals surface area contributed by atoms with Gasteiger partial charge in [0.2, 0.25) is 5.91 Å². The number of rotatable bonds is 2. The first-order valence-corrected chi connectivity index (χ1v) is 8.14. The molecule has 0 radical (unpaired) electrons. The van der Waals surface area contributed by atoms with Gasteiger partial charge in [0, 0.05) is 15.8 Å². The molecule has 2 amide bonds. The van der Waals surface area contributed by atoms with E-state index in [0.29, 0.717) is 16.4 Å². The fourth-order valence-electron chi connectivity index (χ4n) is 1.93. The Morgan fingerprint density at radius 2 is 2.24 bits per heavy atom. The molecule has 2 aromatic rings. The minimum Gasteiger partial charge on any atom is -0.324 e. The van der Waals surface area contributed by atoms with Gasteiger partial charge in [0.05, 0.1) is 16.6 Å². The summed E-state index contributed by atoms with van der Waals surface area (Å²) in [5.74, 6) is -0.273. The van der Waals surface area contributed by atoms with Crippen LogP contribution in [0.25, 0.3) is 0 Å². The second-order valence-electron chi connectivity index (χ2n) is 4.71. The third-order valence-electron chi connectivity index (χ3n) is 3.01. The van der Waals surface area contributed by atoms with Gasteiger partial charge in [0.15, 0.2) is 5.13 Å². The highest BCUT2D eigenvalue weighted by Gasteiger charge is 2.23. The molecule has 2 heterocycles. The predicted octanol–water partition coefficient (Wildman–Crippen LogP) is 3.14. The number of thioether (sulfide) groups is 1. The first-order chi connectivity index (χ1) is 10.0. The Balaban J connectivity index is 1.82. The Morgan fingerprint density at radius 3 is 2.95 bits per heavy atom. The van der Waals surface area contributed by atoms with Crippen LogP contribution in [0.5, 0.6) is 0 Å². The molecule has 5 nitrogen and oxygen atoms in total. The number of benzene rings is 1. The van der Waals surface area contributed by atoms with E-state index >= 15 is 0 Å². The van der Waals surface area contributed by atoms with E-state index in [4.69, 9.17) is 0 Å². The molecule has 1 atom stereocenters. The molecule has 0 fully saturated rings. The van der Waals surface area contributed by atoms with E-state index in [2.05, 4.69) is 15.6 Å². The maximum atomic E-state index is 12.2. The van der Waals surface area contributed by atoms with E-state index < -0.39 is 0 Å². The average Bonchev–Trinajstić information content (AvgIpc) is 2.85. The first-order valence-electron chi connectivity index (χ1n) is 6.38. The number of amides is 2. The summed E-state index contributed by atoms with van der Waals surface area (Å²) < 4.78 is 0. The van der Waals surface area contributed by atoms with Crippen LogP contribution < -0.4 is 10.6 Å². The molecule has 21 heavy (non-hydrogen) atoms. The summed E-state index contributed by atoms with van der Waals surface area (Å²) in [6.07, 6.45) is 0. The van der Waals surface area contributed by atoms with Gasteiger partial charge in [0.25, 0.3) is 5.91 Å². The molecule has 7 heteroatoms. The smallest absolute Gasteiger partial charge is 0.257 e. The van der Waals surface area contributed by atoms with Crippen LogP contribution in [0, 0.1) is 6.92 Å². The number of aromatic nitrogens is 1. The van der Waals surface area contributed by atoms with E-state index in [-0.39, 0.29) is 17.1 Å². The number of aryl methyl sites for hydroxylation is 1. The largest absolute Gasteiger partial charge is 0.324 e. The molecule has 2 N–H and O–H groups in total. The van der Waals surface area contributed by atoms with Crippen molar-refractivity contribution in [2.24, 2.45) is 0 Å². The van der Waals surface area contributed by atoms with Crippen molar-refractivity contribution in [3.8, 4) is 0 Å². The minimum absolute atomic E-state index is 0.0411. The SMILES string of the molecule is Cc1csc(NC(=O)c2ccc3c(c2)NC(=O)C(C)S3)n1. The molecule has 0 saturated carbocycles. The van der Waals surface area contributed by atoms with Gasteiger partial charge in [-0.3, -0.25) is 14.9 Å². The maximum Gasteiger partial charge on any atom is 0.257 e. The predicted molar refractivity (Wildman–Crippen MR) is 85.2 cm³/mol. The standard InChI is InChI=1S/C14H13N3O2S2/c1-7-6-20-14(15-7)17-13(19)9-3-4-11-10(5-9)16-12(18)8(2)21-11/h3-6,8H,1-2H3,(H,16,18)(H,15,17,19). The van der Waals surface area contributed by atoms with Crippen LogP contribution in [0.3, 0.4) is 0 Å². The number of nitrogens with zero attached hydrogens (tertiary/aromatic N) is 1. The molecule has 0 saturated heterocycles. The summed E-state index contributed by atoms with van der Waals surface area (Å²) in [5.41, 5.74) is 2.06. The monoisotopic (exact) mass is 319 g/mol. The lowest BCUT2D eigenvalue weighted by Gasteiger charge is -2.21. The van der Waals surface area contributed by atoms with Crippen LogP contribution in [0.1, 0.15) is 23.0 Å². The molecule has 0 bridgehead atoms. The number of hydrogen-bond acceptors (Lipinski definition) is 5. The molecule has 3 rings (SSSR count). The Hall–Kier alpha value is -1.86. The summed E-state index contributed by atoms with van der Waals surface area (Å²) in [7, 11) is 0. The van der Waals surface area contributed by atoms with Gasteiger partial charge < -0.3 is 5.32 Å². The first kappa shape index (κ1) is 14.1. The number of fused-ring (bicyclic) bond motifs is 1. The number of thiazole rings is 1. The van der Waals surface area contributed by atoms with Gasteiger partial charge in [-0.05, 0) is 32.0 Å². The van der Waals surface area contributed by atoms with E-state index in [9.17, 15) is 9.59 Å². The quantitative estimate of drug-likeness (QED) is 0.892. The second-order valence-corrected chi connectivity index (χ2v) is 6.95. The van der Waals surface area contributed by atoms with Crippen molar-refractivity contribution in [3.63, 3.8) is 0 Å². The Kier molecular flexibility index (Phi) is 3.69. The molecular weight excluding hydrogens is 306 g/mol. The van der Waals surface area contributed by atoms with Gasteiger partial charge in [-0.2, -0.15) is 0 Å². The Bertz CT molecular complexity index is 727. The third kappa shape index (κ3) is 2.93. The summed E-state index contributed by atoms with van der Waals surface area (Å²) in [5, 5.41) is 7.91. The molecule has 0 aliphatic carbocycles. The Morgan fingerprint density at radius 1 is 1.43 bits per heavy atom. The maximum absolute atomic E-state index is 12.2. The fourth-order valence-corrected chi connectivity index (χ4v) is 3.54. The average molecular weight is 319 g/mol. The van der Waals surface area contributed by atoms with Gasteiger partial charge in [0.1, 0.15) is 0 Å². The van der Waals surface area contributed by atoms with Gasteiger partial charge in [-0.15, -0.1) is 23.1 Å². The van der Waals surface area contributed by atoms with Crippen LogP contribution in [-0.2, 0) is 4.79 Å². The van der Waals surface area contributed by atoms with Crippen LogP contribution >= 0.6 is 23.1 Å². The normalized spacial score (nSPS) is 17.0. The number of carbonyl (C=O) groups excluding carboxylic acids is 2. The van der Waals surface area contributed by atoms with E-state index in [0.717, 1.165) is 10.6 Å². The number of hydrogen-bond donors (Lipinski definition) is 2. The van der Waals surface area contributed by atoms with Crippen molar-refractivity contribution in [2.45, 2.75) is 24.0 Å². The van der Waals surface area contributed by atoms with Crippen molar-refractivity contribution in [1.82, 2.24) is 4.98 Å². The molecule has 1 aliphatic heterocycles. The molecule has 0 spiro atoms. The van der Waals surface area contributed by atoms with Crippen LogP contribution in [-0.4, -0.2) is 22.0 Å². The fraction of sp³-hybridized carbons (Fsp3) is 0.214. The highest BCUT2D eigenvalue weighted by molar-refractivity contribution is 8.00. The van der Waals surface area contributed by atoms with Crippen molar-refractivity contribution in [2.75, 3.05) is 10.6 Å². The van der Waals surface area contributed by atoms with E-state index in [1.165, 1.54) is 23.1 Å². The van der Waals surface area contributed by atoms with Crippen molar-refractivity contribution >= 4 is 45.7 Å². The minimum atomic E-state index is -0.231. The number of carbonyl (C=O) groups is 2. The summed E-state index contributed by atoms with van der Waals surface area (Å²) in [6.45, 7) is 3.73. The van der Waals surface area contributed by atoms with Crippen LogP contribution in [0.15, 0.2) is 28.5 Å². The summed E-state index contributed by atoms with van der Waals surface area (Å²) >= 11 is 2.88. The lowest BCUT2D eigenvalue weighted by molar-refractivity contribution is -0.115. The highest BCUT2D eigenvalue weighted by atomic mass is 32.2. The zero-order chi connectivity index (χ0) is 15.0. The van der Waals surface area contributed by atoms with Gasteiger partial charge in [-0.25, -0.2) is 4.98 Å². The van der Waals surface area contributed by atoms with Crippen molar-refractivity contribution in [1.29, 1.82) is 0 Å². The van der Waals surface area contributed by atoms with Crippen LogP contribution in [0.2, 0.25) is 0 Å². The zero-order valence-electron chi connectivity index (χ0n) is 11.5. The second kappa shape index (κ2) is 5.50. The molecule has 1 aromatic heterocycles. The summed E-state index contributed by atoms with van der Waals surface area (Å²) in [6, 6.07) is 5.31. The molecule has 1 unspecified atom stereocenters. The zero-order valence-corrected chi connectivity index (χ0v) is 13.1. The lowest BCUT2D eigenvalue weighted by atomic mass is 10.2. The highest BCUT2D eigenvalue weighted by Crippen LogP contribution is 2.36. The molecule has 1 aliphatic rings. The van der Waals surface area contributed by atoms with Crippen molar-refractivity contribution in [3.05, 3.63) is 34.8 Å². The number of anilines is 2. The van der Waals surface area contributed by atoms with Gasteiger partial charge in [-0.1, -0.05) is 0 Å². The van der Waals surface area contributed by atoms with Crippen molar-refractivity contribution < 1.29 is 9.59 Å².